The van der Waals surface area contributed by atoms with Crippen molar-refractivity contribution in [2.75, 3.05) is 6.54 Å². The molecule has 1 N–H and O–H groups in total. The Morgan fingerprint density at radius 1 is 0.941 bits per heavy atom. The van der Waals surface area contributed by atoms with Gasteiger partial charge in [-0.15, -0.1) is 0 Å². The predicted molar refractivity (Wildman–Crippen MR) is 130 cm³/mol. The first kappa shape index (κ1) is 21.7. The van der Waals surface area contributed by atoms with E-state index in [1.807, 2.05) is 74.5 Å². The average molecular weight is 455 g/mol. The molecule has 34 heavy (non-hydrogen) atoms. The minimum absolute atomic E-state index is 0.112. The van der Waals surface area contributed by atoms with Crippen molar-refractivity contribution in [3.63, 3.8) is 0 Å². The Labute approximate surface area is 198 Å². The lowest BCUT2D eigenvalue weighted by molar-refractivity contribution is 0.0925. The molecular weight excluding hydrogens is 428 g/mol. The zero-order chi connectivity index (χ0) is 23.5. The molecule has 0 aliphatic carbocycles. The molecule has 0 bridgehead atoms. The first-order valence-corrected chi connectivity index (χ1v) is 11.4. The van der Waals surface area contributed by atoms with Crippen LogP contribution in [0.3, 0.4) is 0 Å². The number of hydrogen-bond acceptors (Lipinski definition) is 5. The van der Waals surface area contributed by atoms with Crippen LogP contribution in [0.25, 0.3) is 22.4 Å². The van der Waals surface area contributed by atoms with Gasteiger partial charge in [0.2, 0.25) is 0 Å². The number of nitrogens with one attached hydrogen (secondary N) is 1. The average Bonchev–Trinajstić information content (AvgIpc) is 3.25. The smallest absolute Gasteiger partial charge is 0.270 e. The number of aromatic nitrogens is 3. The van der Waals surface area contributed by atoms with Gasteiger partial charge in [0.05, 0.1) is 12.6 Å². The molecule has 0 fully saturated rings. The minimum Gasteiger partial charge on any atom is -0.491 e. The molecule has 7 nitrogen and oxygen atoms in total. The molecule has 1 aliphatic rings. The maximum absolute atomic E-state index is 12.7. The third-order valence-electron chi connectivity index (χ3n) is 5.57. The highest BCUT2D eigenvalue weighted by Crippen LogP contribution is 2.36. The van der Waals surface area contributed by atoms with Crippen LogP contribution in [0, 0.1) is 0 Å². The molecule has 2 aromatic heterocycles. The van der Waals surface area contributed by atoms with E-state index in [1.54, 1.807) is 17.1 Å². The third-order valence-corrected chi connectivity index (χ3v) is 5.57. The first-order chi connectivity index (χ1) is 16.6. The molecule has 1 amide bonds. The molecule has 2 aromatic carbocycles. The van der Waals surface area contributed by atoms with Crippen LogP contribution in [-0.2, 0) is 13.2 Å². The number of hydrogen-bond donors (Lipinski definition) is 1. The Kier molecular flexibility index (Phi) is 5.99. The Bertz CT molecular complexity index is 1280. The van der Waals surface area contributed by atoms with E-state index in [0.717, 1.165) is 39.4 Å². The van der Waals surface area contributed by atoms with Gasteiger partial charge in [0.1, 0.15) is 29.5 Å². The highest BCUT2D eigenvalue weighted by molar-refractivity contribution is 6.03. The van der Waals surface area contributed by atoms with E-state index in [4.69, 9.17) is 14.6 Å². The summed E-state index contributed by atoms with van der Waals surface area (Å²) in [4.78, 5) is 16.8. The Morgan fingerprint density at radius 2 is 1.65 bits per heavy atom. The van der Waals surface area contributed by atoms with E-state index >= 15 is 0 Å². The Hall–Kier alpha value is -4.13. The molecule has 5 rings (SSSR count). The summed E-state index contributed by atoms with van der Waals surface area (Å²) in [7, 11) is 0. The monoisotopic (exact) mass is 454 g/mol. The maximum Gasteiger partial charge on any atom is 0.270 e. The summed E-state index contributed by atoms with van der Waals surface area (Å²) in [5.74, 6) is 1.49. The van der Waals surface area contributed by atoms with Gasteiger partial charge in [0.15, 0.2) is 0 Å². The first-order valence-electron chi connectivity index (χ1n) is 11.4. The molecule has 4 aromatic rings. The summed E-state index contributed by atoms with van der Waals surface area (Å²) in [5, 5.41) is 7.69. The zero-order valence-corrected chi connectivity index (χ0v) is 19.2. The number of amides is 1. The SMILES string of the molecule is CC(C)Oc1ccc(COc2ccc(-c3c(-c4ccncc4)nn4c3C(=O)NCC4)cc2)cc1. The maximum atomic E-state index is 12.7. The quantitative estimate of drug-likeness (QED) is 0.437. The molecule has 3 heterocycles. The second-order valence-corrected chi connectivity index (χ2v) is 8.41. The van der Waals surface area contributed by atoms with Crippen LogP contribution in [0.5, 0.6) is 11.5 Å². The summed E-state index contributed by atoms with van der Waals surface area (Å²) in [6, 6.07) is 19.5. The molecule has 0 spiro atoms. The van der Waals surface area contributed by atoms with Gasteiger partial charge >= 0.3 is 0 Å². The van der Waals surface area contributed by atoms with Crippen molar-refractivity contribution in [2.24, 2.45) is 0 Å². The summed E-state index contributed by atoms with van der Waals surface area (Å²) in [6.07, 6.45) is 3.61. The molecule has 7 heteroatoms. The van der Waals surface area contributed by atoms with Gasteiger partial charge in [0.25, 0.3) is 5.91 Å². The molecule has 172 valence electrons. The molecule has 0 radical (unpaired) electrons. The van der Waals surface area contributed by atoms with Crippen LogP contribution in [-0.4, -0.2) is 33.3 Å². The number of nitrogens with zero attached hydrogens (tertiary/aromatic N) is 3. The number of carbonyl (C=O) groups excluding carboxylic acids is 1. The molecule has 0 atom stereocenters. The van der Waals surface area contributed by atoms with Crippen molar-refractivity contribution in [3.8, 4) is 33.9 Å². The Morgan fingerprint density at radius 3 is 2.35 bits per heavy atom. The van der Waals surface area contributed by atoms with Crippen molar-refractivity contribution >= 4 is 5.91 Å². The fourth-order valence-electron chi connectivity index (χ4n) is 4.02. The number of rotatable bonds is 7. The lowest BCUT2D eigenvalue weighted by Crippen LogP contribution is -2.35. The highest BCUT2D eigenvalue weighted by Gasteiger charge is 2.27. The molecule has 0 unspecified atom stereocenters. The van der Waals surface area contributed by atoms with Gasteiger partial charge in [0, 0.05) is 30.1 Å². The van der Waals surface area contributed by atoms with Crippen LogP contribution in [0.2, 0.25) is 0 Å². The molecule has 0 saturated carbocycles. The predicted octanol–water partition coefficient (Wildman–Crippen LogP) is 4.72. The van der Waals surface area contributed by atoms with Gasteiger partial charge in [-0.2, -0.15) is 5.10 Å². The van der Waals surface area contributed by atoms with E-state index in [0.29, 0.717) is 25.4 Å². The Balaban J connectivity index is 1.38. The van der Waals surface area contributed by atoms with Crippen molar-refractivity contribution in [3.05, 3.63) is 84.3 Å². The summed E-state index contributed by atoms with van der Waals surface area (Å²) in [6.45, 7) is 5.68. The standard InChI is InChI=1S/C27H26N4O3/c1-18(2)34-23-7-3-19(4-8-23)17-33-22-9-5-20(6-10-22)24-25(21-11-13-28-14-12-21)30-31-16-15-29-27(32)26(24)31/h3-14,18H,15-17H2,1-2H3,(H,29,32). The van der Waals surface area contributed by atoms with Crippen molar-refractivity contribution in [2.45, 2.75) is 33.1 Å². The van der Waals surface area contributed by atoms with E-state index < -0.39 is 0 Å². The van der Waals surface area contributed by atoms with Gasteiger partial charge in [-0.3, -0.25) is 14.5 Å². The van der Waals surface area contributed by atoms with Gasteiger partial charge in [-0.05, 0) is 61.4 Å². The summed E-state index contributed by atoms with van der Waals surface area (Å²) < 4.78 is 13.5. The number of carbonyl (C=O) groups is 1. The minimum atomic E-state index is -0.112. The number of fused-ring (bicyclic) bond motifs is 1. The van der Waals surface area contributed by atoms with E-state index in [-0.39, 0.29) is 12.0 Å². The second kappa shape index (κ2) is 9.39. The van der Waals surface area contributed by atoms with Crippen molar-refractivity contribution < 1.29 is 14.3 Å². The fourth-order valence-corrected chi connectivity index (χ4v) is 4.02. The number of ether oxygens (including phenoxy) is 2. The van der Waals surface area contributed by atoms with Gasteiger partial charge in [-0.1, -0.05) is 24.3 Å². The number of pyridine rings is 1. The lowest BCUT2D eigenvalue weighted by Gasteiger charge is -2.15. The highest BCUT2D eigenvalue weighted by atomic mass is 16.5. The molecule has 1 aliphatic heterocycles. The zero-order valence-electron chi connectivity index (χ0n) is 19.2. The van der Waals surface area contributed by atoms with Crippen LogP contribution in [0.1, 0.15) is 29.9 Å². The van der Waals surface area contributed by atoms with Crippen LogP contribution >= 0.6 is 0 Å². The van der Waals surface area contributed by atoms with Crippen LogP contribution in [0.15, 0.2) is 73.1 Å². The van der Waals surface area contributed by atoms with Crippen LogP contribution < -0.4 is 14.8 Å². The molecular formula is C27H26N4O3. The second-order valence-electron chi connectivity index (χ2n) is 8.41. The summed E-state index contributed by atoms with van der Waals surface area (Å²) in [5.41, 5.74) is 5.05. The summed E-state index contributed by atoms with van der Waals surface area (Å²) >= 11 is 0. The van der Waals surface area contributed by atoms with Crippen LogP contribution in [0.4, 0.5) is 0 Å². The van der Waals surface area contributed by atoms with E-state index in [2.05, 4.69) is 10.3 Å². The van der Waals surface area contributed by atoms with Gasteiger partial charge in [-0.25, -0.2) is 0 Å². The third kappa shape index (κ3) is 4.50. The lowest BCUT2D eigenvalue weighted by atomic mass is 9.98. The largest absolute Gasteiger partial charge is 0.491 e. The topological polar surface area (TPSA) is 78.3 Å². The normalized spacial score (nSPS) is 12.9. The molecule has 0 saturated heterocycles. The van der Waals surface area contributed by atoms with E-state index in [9.17, 15) is 4.79 Å². The van der Waals surface area contributed by atoms with Crippen molar-refractivity contribution in [1.29, 1.82) is 0 Å². The van der Waals surface area contributed by atoms with Gasteiger partial charge < -0.3 is 14.8 Å². The fraction of sp³-hybridized carbons (Fsp3) is 0.222. The van der Waals surface area contributed by atoms with E-state index in [1.165, 1.54) is 0 Å². The number of benzene rings is 2. The van der Waals surface area contributed by atoms with Crippen molar-refractivity contribution in [1.82, 2.24) is 20.1 Å².